The van der Waals surface area contributed by atoms with Crippen LogP contribution in [0.3, 0.4) is 0 Å². The van der Waals surface area contributed by atoms with Gasteiger partial charge in [0, 0.05) is 0 Å². The fraction of sp³-hybridized carbons (Fsp3) is 0.636. The lowest BCUT2D eigenvalue weighted by Gasteiger charge is -2.01. The van der Waals surface area contributed by atoms with Gasteiger partial charge in [-0.3, -0.25) is 0 Å². The highest BCUT2D eigenvalue weighted by molar-refractivity contribution is 5.05. The van der Waals surface area contributed by atoms with Gasteiger partial charge in [0.2, 0.25) is 0 Å². The summed E-state index contributed by atoms with van der Waals surface area (Å²) in [6, 6.07) is 0. The summed E-state index contributed by atoms with van der Waals surface area (Å²) in [4.78, 5) is 0. The van der Waals surface area contributed by atoms with Gasteiger partial charge in [0.25, 0.3) is 0 Å². The Morgan fingerprint density at radius 3 is 2.45 bits per heavy atom. The van der Waals surface area contributed by atoms with Crippen LogP contribution in [0.15, 0.2) is 24.3 Å². The highest BCUT2D eigenvalue weighted by atomic mass is 14.0. The molecule has 11 heavy (non-hydrogen) atoms. The third-order valence-electron chi connectivity index (χ3n) is 1.70. The van der Waals surface area contributed by atoms with Crippen LogP contribution in [0.25, 0.3) is 0 Å². The molecule has 0 aliphatic carbocycles. The van der Waals surface area contributed by atoms with E-state index in [1.807, 2.05) is 6.08 Å². The van der Waals surface area contributed by atoms with E-state index in [1.54, 1.807) is 5.57 Å². The average molecular weight is 152 g/mol. The van der Waals surface area contributed by atoms with Gasteiger partial charge in [0.15, 0.2) is 0 Å². The first-order valence-electron chi connectivity index (χ1n) is 4.63. The third-order valence-corrected chi connectivity index (χ3v) is 1.70. The van der Waals surface area contributed by atoms with Crippen molar-refractivity contribution in [1.29, 1.82) is 0 Å². The number of hydrogen-bond acceptors (Lipinski definition) is 0. The lowest BCUT2D eigenvalue weighted by Crippen LogP contribution is -1.80. The maximum Gasteiger partial charge on any atom is -0.0142 e. The van der Waals surface area contributed by atoms with E-state index < -0.39 is 0 Å². The number of unbranched alkanes of at least 4 members (excludes halogenated alkanes) is 1. The summed E-state index contributed by atoms with van der Waals surface area (Å²) < 4.78 is 0. The van der Waals surface area contributed by atoms with Crippen LogP contribution in [0.4, 0.5) is 0 Å². The van der Waals surface area contributed by atoms with Gasteiger partial charge in [-0.2, -0.15) is 0 Å². The average Bonchev–Trinajstić information content (AvgIpc) is 2.01. The largest absolute Gasteiger partial charge is 0.103 e. The number of hydrogen-bond donors (Lipinski definition) is 0. The van der Waals surface area contributed by atoms with Gasteiger partial charge in [0.05, 0.1) is 0 Å². The SMILES string of the molecule is C=CCC(=CCCC)CCC. The van der Waals surface area contributed by atoms with E-state index in [-0.39, 0.29) is 0 Å². The van der Waals surface area contributed by atoms with Crippen molar-refractivity contribution in [2.45, 2.75) is 46.0 Å². The smallest absolute Gasteiger partial charge is 0.0142 e. The monoisotopic (exact) mass is 152 g/mol. The van der Waals surface area contributed by atoms with Crippen LogP contribution in [0.1, 0.15) is 46.0 Å². The highest BCUT2D eigenvalue weighted by Crippen LogP contribution is 2.11. The zero-order chi connectivity index (χ0) is 8.53. The molecule has 0 unspecified atom stereocenters. The van der Waals surface area contributed by atoms with Crippen molar-refractivity contribution in [3.63, 3.8) is 0 Å². The van der Waals surface area contributed by atoms with Gasteiger partial charge in [-0.05, 0) is 19.3 Å². The summed E-state index contributed by atoms with van der Waals surface area (Å²) in [5.74, 6) is 0. The Hall–Kier alpha value is -0.520. The maximum absolute atomic E-state index is 3.75. The van der Waals surface area contributed by atoms with Gasteiger partial charge in [-0.25, -0.2) is 0 Å². The van der Waals surface area contributed by atoms with E-state index in [0.717, 1.165) is 6.42 Å². The van der Waals surface area contributed by atoms with Crippen LogP contribution in [-0.4, -0.2) is 0 Å². The molecule has 0 amide bonds. The zero-order valence-corrected chi connectivity index (χ0v) is 7.90. The first-order valence-corrected chi connectivity index (χ1v) is 4.63. The van der Waals surface area contributed by atoms with Gasteiger partial charge >= 0.3 is 0 Å². The predicted molar refractivity (Wildman–Crippen MR) is 52.7 cm³/mol. The second-order valence-corrected chi connectivity index (χ2v) is 2.89. The molecule has 0 aromatic carbocycles. The molecule has 0 atom stereocenters. The highest BCUT2D eigenvalue weighted by Gasteiger charge is 1.91. The Morgan fingerprint density at radius 2 is 2.00 bits per heavy atom. The van der Waals surface area contributed by atoms with Crippen molar-refractivity contribution in [3.8, 4) is 0 Å². The van der Waals surface area contributed by atoms with E-state index >= 15 is 0 Å². The Kier molecular flexibility index (Phi) is 7.23. The molecule has 0 aliphatic heterocycles. The van der Waals surface area contributed by atoms with Gasteiger partial charge in [-0.1, -0.05) is 44.4 Å². The Labute approximate surface area is 71.0 Å². The molecule has 0 spiro atoms. The third kappa shape index (κ3) is 5.90. The van der Waals surface area contributed by atoms with Crippen LogP contribution in [0.5, 0.6) is 0 Å². The zero-order valence-electron chi connectivity index (χ0n) is 7.90. The lowest BCUT2D eigenvalue weighted by molar-refractivity contribution is 0.854. The molecule has 64 valence electrons. The minimum Gasteiger partial charge on any atom is -0.103 e. The first-order chi connectivity index (χ1) is 5.35. The van der Waals surface area contributed by atoms with E-state index in [1.165, 1.54) is 25.7 Å². The van der Waals surface area contributed by atoms with Crippen molar-refractivity contribution in [1.82, 2.24) is 0 Å². The van der Waals surface area contributed by atoms with E-state index in [0.29, 0.717) is 0 Å². The topological polar surface area (TPSA) is 0 Å². The molecule has 0 nitrogen and oxygen atoms in total. The summed E-state index contributed by atoms with van der Waals surface area (Å²) >= 11 is 0. The molecule has 0 aliphatic rings. The summed E-state index contributed by atoms with van der Waals surface area (Å²) in [6.45, 7) is 8.19. The van der Waals surface area contributed by atoms with Crippen molar-refractivity contribution in [2.24, 2.45) is 0 Å². The van der Waals surface area contributed by atoms with E-state index in [4.69, 9.17) is 0 Å². The van der Waals surface area contributed by atoms with Gasteiger partial charge in [-0.15, -0.1) is 6.58 Å². The molecule has 0 aromatic heterocycles. The summed E-state index contributed by atoms with van der Waals surface area (Å²) in [5, 5.41) is 0. The fourth-order valence-corrected chi connectivity index (χ4v) is 1.14. The summed E-state index contributed by atoms with van der Waals surface area (Å²) in [7, 11) is 0. The van der Waals surface area contributed by atoms with Crippen molar-refractivity contribution < 1.29 is 0 Å². The Balaban J connectivity index is 3.74. The van der Waals surface area contributed by atoms with Crippen LogP contribution < -0.4 is 0 Å². The minimum absolute atomic E-state index is 1.08. The second-order valence-electron chi connectivity index (χ2n) is 2.89. The fourth-order valence-electron chi connectivity index (χ4n) is 1.14. The molecule has 0 radical (unpaired) electrons. The molecule has 0 rings (SSSR count). The molecule has 0 saturated carbocycles. The molecule has 0 heteroatoms. The van der Waals surface area contributed by atoms with E-state index in [2.05, 4.69) is 26.5 Å². The first kappa shape index (κ1) is 10.5. The van der Waals surface area contributed by atoms with Crippen LogP contribution in [-0.2, 0) is 0 Å². The molecule has 0 bridgehead atoms. The molecule has 0 fully saturated rings. The molecular formula is C11H20. The van der Waals surface area contributed by atoms with Crippen molar-refractivity contribution >= 4 is 0 Å². The predicted octanol–water partition coefficient (Wildman–Crippen LogP) is 4.09. The normalized spacial score (nSPS) is 11.6. The molecular weight excluding hydrogens is 132 g/mol. The quantitative estimate of drug-likeness (QED) is 0.503. The number of rotatable bonds is 6. The Bertz CT molecular complexity index is 120. The second kappa shape index (κ2) is 7.59. The lowest BCUT2D eigenvalue weighted by atomic mass is 10.1. The van der Waals surface area contributed by atoms with Crippen molar-refractivity contribution in [3.05, 3.63) is 24.3 Å². The summed E-state index contributed by atoms with van der Waals surface area (Å²) in [5.41, 5.74) is 1.56. The summed E-state index contributed by atoms with van der Waals surface area (Å²) in [6.07, 6.45) is 10.4. The van der Waals surface area contributed by atoms with Crippen LogP contribution in [0, 0.1) is 0 Å². The Morgan fingerprint density at radius 1 is 1.27 bits per heavy atom. The number of allylic oxidation sites excluding steroid dienone is 3. The molecule has 0 N–H and O–H groups in total. The van der Waals surface area contributed by atoms with Gasteiger partial charge < -0.3 is 0 Å². The van der Waals surface area contributed by atoms with Gasteiger partial charge in [0.1, 0.15) is 0 Å². The van der Waals surface area contributed by atoms with E-state index in [9.17, 15) is 0 Å². The maximum atomic E-state index is 3.75. The molecule has 0 saturated heterocycles. The van der Waals surface area contributed by atoms with Crippen LogP contribution in [0.2, 0.25) is 0 Å². The van der Waals surface area contributed by atoms with Crippen LogP contribution >= 0.6 is 0 Å². The minimum atomic E-state index is 1.08. The standard InChI is InChI=1S/C11H20/c1-4-7-10-11(8-5-2)9-6-3/h5,10H,2,4,6-9H2,1,3H3. The van der Waals surface area contributed by atoms with Crippen molar-refractivity contribution in [2.75, 3.05) is 0 Å². The molecule has 0 aromatic rings. The molecule has 0 heterocycles.